The van der Waals surface area contributed by atoms with Crippen molar-refractivity contribution in [3.05, 3.63) is 70.3 Å². The number of carbonyl (C=O) groups is 2. The second-order valence-electron chi connectivity index (χ2n) is 11.9. The largest absolute Gasteiger partial charge is 0.463 e. The molecule has 4 aliphatic carbocycles. The second-order valence-corrected chi connectivity index (χ2v) is 11.9. The molecule has 42 heavy (non-hydrogen) atoms. The molecule has 0 aromatic heterocycles. The monoisotopic (exact) mass is 588 g/mol. The average molecular weight is 589 g/mol. The highest BCUT2D eigenvalue weighted by molar-refractivity contribution is 5.93. The molecule has 4 unspecified atom stereocenters. The van der Waals surface area contributed by atoms with E-state index in [-0.39, 0.29) is 31.1 Å². The Hall–Kier alpha value is -3.25. The third-order valence-corrected chi connectivity index (χ3v) is 9.88. The number of fused-ring (bicyclic) bond motifs is 4. The number of ketones is 1. The Morgan fingerprint density at radius 1 is 1.12 bits per heavy atom. The molecule has 2 fully saturated rings. The number of esters is 1. The van der Waals surface area contributed by atoms with Crippen molar-refractivity contribution in [1.29, 1.82) is 0 Å². The molecule has 1 N–H and O–H groups in total. The quantitative estimate of drug-likeness (QED) is 0.178. The first-order chi connectivity index (χ1) is 19.7. The van der Waals surface area contributed by atoms with E-state index in [0.717, 1.165) is 22.3 Å². The summed E-state index contributed by atoms with van der Waals surface area (Å²) in [5.41, 5.74) is -0.634. The van der Waals surface area contributed by atoms with Crippen LogP contribution in [0, 0.1) is 29.1 Å². The molecular weight excluding hydrogens is 555 g/mol. The van der Waals surface area contributed by atoms with Gasteiger partial charge in [-0.3, -0.25) is 4.79 Å². The van der Waals surface area contributed by atoms with E-state index in [2.05, 4.69) is 11.8 Å². The number of carbonyl (C=O) groups excluding carboxylic acids is 2. The van der Waals surface area contributed by atoms with E-state index >= 15 is 8.78 Å². The maximum absolute atomic E-state index is 15.1. The molecule has 0 saturated heterocycles. The summed E-state index contributed by atoms with van der Waals surface area (Å²) < 4.78 is 76.2. The lowest BCUT2D eigenvalue weighted by atomic mass is 9.50. The third-order valence-electron chi connectivity index (χ3n) is 9.88. The van der Waals surface area contributed by atoms with Gasteiger partial charge in [0.05, 0.1) is 6.61 Å². The Labute approximate surface area is 241 Å². The molecule has 4 nitrogen and oxygen atoms in total. The minimum absolute atomic E-state index is 0.0324. The van der Waals surface area contributed by atoms with Crippen LogP contribution in [0.15, 0.2) is 59.2 Å². The molecule has 0 amide bonds. The van der Waals surface area contributed by atoms with Gasteiger partial charge in [-0.1, -0.05) is 36.5 Å². The van der Waals surface area contributed by atoms with Crippen molar-refractivity contribution in [2.45, 2.75) is 82.4 Å². The first-order valence-electron chi connectivity index (χ1n) is 14.3. The van der Waals surface area contributed by atoms with Crippen molar-refractivity contribution in [1.82, 2.24) is 0 Å². The number of ether oxygens (including phenoxy) is 1. The van der Waals surface area contributed by atoms with Gasteiger partial charge in [0.1, 0.15) is 5.60 Å². The summed E-state index contributed by atoms with van der Waals surface area (Å²) >= 11 is 0. The fourth-order valence-electron chi connectivity index (χ4n) is 7.94. The highest BCUT2D eigenvalue weighted by Gasteiger charge is 2.79. The summed E-state index contributed by atoms with van der Waals surface area (Å²) in [5.74, 6) is -1.43. The molecule has 9 heteroatoms. The zero-order chi connectivity index (χ0) is 30.5. The summed E-state index contributed by atoms with van der Waals surface area (Å²) in [6, 6.07) is 7.06. The van der Waals surface area contributed by atoms with Crippen LogP contribution in [0.2, 0.25) is 0 Å². The van der Waals surface area contributed by atoms with E-state index in [9.17, 15) is 27.9 Å². The van der Waals surface area contributed by atoms with Crippen LogP contribution < -0.4 is 0 Å². The highest BCUT2D eigenvalue weighted by Crippen LogP contribution is 2.70. The number of halogens is 5. The van der Waals surface area contributed by atoms with Gasteiger partial charge in [0.15, 0.2) is 5.78 Å². The molecule has 0 heterocycles. The highest BCUT2D eigenvalue weighted by atomic mass is 19.4. The number of benzene rings is 1. The smallest absolute Gasteiger partial charge is 0.456 e. The van der Waals surface area contributed by atoms with Gasteiger partial charge in [-0.15, -0.1) is 0 Å². The third kappa shape index (κ3) is 4.82. The van der Waals surface area contributed by atoms with Crippen molar-refractivity contribution in [2.24, 2.45) is 17.3 Å². The van der Waals surface area contributed by atoms with Crippen molar-refractivity contribution < 1.29 is 41.4 Å². The number of hydrogen-bond acceptors (Lipinski definition) is 4. The zero-order valence-corrected chi connectivity index (χ0v) is 23.5. The maximum Gasteiger partial charge on any atom is 0.456 e. The lowest BCUT2D eigenvalue weighted by Gasteiger charge is -2.56. The van der Waals surface area contributed by atoms with Crippen LogP contribution in [-0.2, 0) is 14.3 Å². The second kappa shape index (κ2) is 10.8. The van der Waals surface area contributed by atoms with Gasteiger partial charge in [-0.05, 0) is 98.3 Å². The minimum Gasteiger partial charge on any atom is -0.463 e. The first-order valence-corrected chi connectivity index (χ1v) is 14.3. The van der Waals surface area contributed by atoms with Gasteiger partial charge < -0.3 is 9.84 Å². The predicted octanol–water partition coefficient (Wildman–Crippen LogP) is 6.99. The number of hydrogen-bond donors (Lipinski definition) is 1. The molecule has 2 saturated carbocycles. The minimum atomic E-state index is -5.89. The summed E-state index contributed by atoms with van der Waals surface area (Å²) in [6.07, 6.45) is -0.392. The van der Waals surface area contributed by atoms with Crippen molar-refractivity contribution in [3.8, 4) is 11.8 Å². The van der Waals surface area contributed by atoms with E-state index in [1.165, 1.54) is 19.1 Å². The molecule has 5 atom stereocenters. The standard InChI is InChI=1S/C33H33F5O4/c1-3-42-28(40)7-5-4-6-20-8-10-21(11-9-20)26-19-30(2)27(16-17-31(30,41)32(34,35)33(36,37)38)25-14-12-22-18-23(39)13-15-24(22)29(25)26/h5,7-11,18,25-27,41H,3,12-17,19H2,1-2H3/b7-5+/t25?,26-,27?,30?,31?/m1/s1. The molecule has 0 bridgehead atoms. The molecule has 0 aliphatic heterocycles. The van der Waals surface area contributed by atoms with Crippen LogP contribution >= 0.6 is 0 Å². The Morgan fingerprint density at radius 2 is 1.83 bits per heavy atom. The van der Waals surface area contributed by atoms with Crippen LogP contribution in [-0.4, -0.2) is 41.2 Å². The van der Waals surface area contributed by atoms with Gasteiger partial charge in [0.25, 0.3) is 0 Å². The first kappa shape index (κ1) is 30.2. The zero-order valence-electron chi connectivity index (χ0n) is 23.5. The topological polar surface area (TPSA) is 63.6 Å². The molecule has 224 valence electrons. The number of rotatable bonds is 4. The van der Waals surface area contributed by atoms with Crippen LogP contribution in [0.25, 0.3) is 0 Å². The van der Waals surface area contributed by atoms with Gasteiger partial charge in [-0.2, -0.15) is 22.0 Å². The van der Waals surface area contributed by atoms with Crippen molar-refractivity contribution in [2.75, 3.05) is 6.61 Å². The lowest BCUT2D eigenvalue weighted by Crippen LogP contribution is -2.65. The number of aliphatic hydroxyl groups is 1. The van der Waals surface area contributed by atoms with Crippen LogP contribution in [0.3, 0.4) is 0 Å². The van der Waals surface area contributed by atoms with Crippen LogP contribution in [0.5, 0.6) is 0 Å². The predicted molar refractivity (Wildman–Crippen MR) is 145 cm³/mol. The van der Waals surface area contributed by atoms with Gasteiger partial charge in [-0.25, -0.2) is 4.79 Å². The molecule has 0 radical (unpaired) electrons. The summed E-state index contributed by atoms with van der Waals surface area (Å²) in [7, 11) is 0. The molecular formula is C33H33F5O4. The van der Waals surface area contributed by atoms with Gasteiger partial charge >= 0.3 is 18.1 Å². The Kier molecular flexibility index (Phi) is 7.76. The summed E-state index contributed by atoms with van der Waals surface area (Å²) in [5, 5.41) is 11.4. The molecule has 1 aromatic carbocycles. The van der Waals surface area contributed by atoms with E-state index < -0.39 is 47.3 Å². The summed E-state index contributed by atoms with van der Waals surface area (Å²) in [6.45, 7) is 3.35. The fraction of sp³-hybridized carbons (Fsp3) is 0.515. The fourth-order valence-corrected chi connectivity index (χ4v) is 7.94. The van der Waals surface area contributed by atoms with Crippen LogP contribution in [0.1, 0.15) is 75.8 Å². The van der Waals surface area contributed by atoms with Crippen LogP contribution in [0.4, 0.5) is 22.0 Å². The molecule has 4 aliphatic rings. The summed E-state index contributed by atoms with van der Waals surface area (Å²) in [4.78, 5) is 23.6. The van der Waals surface area contributed by atoms with E-state index in [1.807, 2.05) is 0 Å². The molecule has 5 rings (SSSR count). The van der Waals surface area contributed by atoms with Gasteiger partial charge in [0.2, 0.25) is 0 Å². The number of alkyl halides is 5. The van der Waals surface area contributed by atoms with Crippen molar-refractivity contribution in [3.63, 3.8) is 0 Å². The normalized spacial score (nSPS) is 31.1. The Balaban J connectivity index is 1.56. The van der Waals surface area contributed by atoms with E-state index in [4.69, 9.17) is 4.74 Å². The van der Waals surface area contributed by atoms with E-state index in [1.54, 1.807) is 37.3 Å². The maximum atomic E-state index is 15.1. The molecule has 0 spiro atoms. The number of allylic oxidation sites excluding steroid dienone is 5. The average Bonchev–Trinajstić information content (AvgIpc) is 3.21. The Bertz CT molecular complexity index is 1420. The Morgan fingerprint density at radius 3 is 2.50 bits per heavy atom. The van der Waals surface area contributed by atoms with Crippen molar-refractivity contribution >= 4 is 11.8 Å². The lowest BCUT2D eigenvalue weighted by molar-refractivity contribution is -0.362. The SMILES string of the molecule is CCOC(=O)/C=C/C#Cc1ccc([C@H]2CC3(C)C(CCC3(O)C(F)(F)C(F)(F)F)C3CCC4=CC(=O)CCC4=C32)cc1. The van der Waals surface area contributed by atoms with E-state index in [0.29, 0.717) is 31.2 Å². The van der Waals surface area contributed by atoms with Gasteiger partial charge in [0, 0.05) is 29.4 Å². The molecule has 1 aromatic rings.